The number of methoxy groups -OCH3 is 2. The summed E-state index contributed by atoms with van der Waals surface area (Å²) in [6.07, 6.45) is 1.56. The summed E-state index contributed by atoms with van der Waals surface area (Å²) in [7, 11) is 2.34. The van der Waals surface area contributed by atoms with Crippen LogP contribution in [-0.2, 0) is 19.1 Å². The number of carbonyl (C=O) groups excluding carboxylic acids is 3. The molecular weight excluding hydrogens is 366 g/mol. The number of ether oxygens (including phenoxy) is 2. The molecule has 0 amide bonds. The van der Waals surface area contributed by atoms with Crippen LogP contribution in [0.3, 0.4) is 0 Å². The Hall–Kier alpha value is -2.15. The van der Waals surface area contributed by atoms with Crippen molar-refractivity contribution >= 4 is 44.7 Å². The first-order valence-corrected chi connectivity index (χ1v) is 7.68. The van der Waals surface area contributed by atoms with Crippen molar-refractivity contribution in [3.05, 3.63) is 36.5 Å². The van der Waals surface area contributed by atoms with E-state index in [-0.39, 0.29) is 18.7 Å². The number of halogens is 1. The third kappa shape index (κ3) is 3.29. The van der Waals surface area contributed by atoms with E-state index in [0.717, 1.165) is 10.9 Å². The van der Waals surface area contributed by atoms with Crippen LogP contribution < -0.4 is 0 Å². The number of para-hydroxylation sites is 1. The van der Waals surface area contributed by atoms with Gasteiger partial charge in [-0.2, -0.15) is 0 Å². The van der Waals surface area contributed by atoms with Crippen LogP contribution in [0.1, 0.15) is 17.6 Å². The zero-order chi connectivity index (χ0) is 17.0. The van der Waals surface area contributed by atoms with Gasteiger partial charge in [-0.05, 0) is 18.6 Å². The molecule has 0 saturated heterocycles. The Labute approximate surface area is 141 Å². The highest BCUT2D eigenvalue weighted by atomic mass is 79.9. The number of aromatic nitrogens is 1. The number of alkyl halides is 1. The van der Waals surface area contributed by atoms with Crippen LogP contribution in [0.15, 0.2) is 36.5 Å². The summed E-state index contributed by atoms with van der Waals surface area (Å²) >= 11 is 3.07. The molecule has 0 atom stereocenters. The van der Waals surface area contributed by atoms with Crippen molar-refractivity contribution in [3.8, 4) is 0 Å². The molecule has 0 aliphatic rings. The third-order valence-corrected chi connectivity index (χ3v) is 4.61. The summed E-state index contributed by atoms with van der Waals surface area (Å²) in [6, 6.07) is 9.28. The fourth-order valence-corrected chi connectivity index (χ4v) is 2.83. The minimum atomic E-state index is -1.69. The van der Waals surface area contributed by atoms with Gasteiger partial charge in [-0.1, -0.05) is 34.1 Å². The molecule has 0 spiro atoms. The van der Waals surface area contributed by atoms with Gasteiger partial charge in [0, 0.05) is 18.0 Å². The molecule has 0 radical (unpaired) electrons. The molecule has 1 aromatic carbocycles. The van der Waals surface area contributed by atoms with Gasteiger partial charge in [-0.25, -0.2) is 9.59 Å². The summed E-state index contributed by atoms with van der Waals surface area (Å²) in [5.74, 6) is -1.83. The van der Waals surface area contributed by atoms with Crippen molar-refractivity contribution in [2.24, 2.45) is 0 Å². The molecule has 0 bridgehead atoms. The Morgan fingerprint density at radius 3 is 2.30 bits per heavy atom. The van der Waals surface area contributed by atoms with Crippen molar-refractivity contribution in [2.45, 2.75) is 17.2 Å². The Morgan fingerprint density at radius 2 is 1.70 bits per heavy atom. The lowest BCUT2D eigenvalue weighted by molar-refractivity contribution is -0.155. The molecule has 23 heavy (non-hydrogen) atoms. The second-order valence-electron chi connectivity index (χ2n) is 4.92. The number of benzene rings is 1. The van der Waals surface area contributed by atoms with E-state index < -0.39 is 16.3 Å². The van der Waals surface area contributed by atoms with E-state index in [1.54, 1.807) is 6.20 Å². The summed E-state index contributed by atoms with van der Waals surface area (Å²) in [5, 5.41) is 0.937. The monoisotopic (exact) mass is 381 g/mol. The van der Waals surface area contributed by atoms with Crippen LogP contribution in [0.5, 0.6) is 0 Å². The fraction of sp³-hybridized carbons (Fsp3) is 0.312. The van der Waals surface area contributed by atoms with Gasteiger partial charge in [0.15, 0.2) is 0 Å². The van der Waals surface area contributed by atoms with Crippen LogP contribution in [-0.4, -0.2) is 41.0 Å². The number of hydrogen-bond acceptors (Lipinski definition) is 5. The van der Waals surface area contributed by atoms with E-state index in [4.69, 9.17) is 0 Å². The normalized spacial score (nSPS) is 11.3. The summed E-state index contributed by atoms with van der Waals surface area (Å²) in [6.45, 7) is 0. The maximum Gasteiger partial charge on any atom is 0.334 e. The first-order valence-electron chi connectivity index (χ1n) is 6.89. The average molecular weight is 382 g/mol. The van der Waals surface area contributed by atoms with Crippen LogP contribution in [0, 0.1) is 0 Å². The summed E-state index contributed by atoms with van der Waals surface area (Å²) < 4.78 is 9.07. The number of nitrogens with zero attached hydrogens (tertiary/aromatic N) is 1. The predicted molar refractivity (Wildman–Crippen MR) is 87.5 cm³/mol. The molecule has 0 saturated carbocycles. The SMILES string of the molecule is COC(=O)C(Br)(CCC(=O)n1ccc2ccccc21)C(=O)OC. The van der Waals surface area contributed by atoms with Gasteiger partial charge in [0.05, 0.1) is 19.7 Å². The predicted octanol–water partition coefficient (Wildman–Crippen LogP) is 2.54. The molecule has 0 fully saturated rings. The van der Waals surface area contributed by atoms with Crippen molar-refractivity contribution in [1.82, 2.24) is 4.57 Å². The Morgan fingerprint density at radius 1 is 1.09 bits per heavy atom. The molecule has 1 heterocycles. The van der Waals surface area contributed by atoms with Gasteiger partial charge >= 0.3 is 11.9 Å². The number of carbonyl (C=O) groups is 3. The van der Waals surface area contributed by atoms with Crippen LogP contribution >= 0.6 is 15.9 Å². The minimum Gasteiger partial charge on any atom is -0.468 e. The molecule has 0 aliphatic carbocycles. The lowest BCUT2D eigenvalue weighted by Crippen LogP contribution is -2.43. The minimum absolute atomic E-state index is 0.0336. The highest BCUT2D eigenvalue weighted by molar-refractivity contribution is 9.10. The topological polar surface area (TPSA) is 74.6 Å². The largest absolute Gasteiger partial charge is 0.468 e. The number of esters is 2. The molecule has 0 unspecified atom stereocenters. The highest BCUT2D eigenvalue weighted by Gasteiger charge is 2.46. The van der Waals surface area contributed by atoms with E-state index >= 15 is 0 Å². The summed E-state index contributed by atoms with van der Waals surface area (Å²) in [5.41, 5.74) is 0.772. The molecular formula is C16H16BrNO5. The van der Waals surface area contributed by atoms with Crippen LogP contribution in [0.4, 0.5) is 0 Å². The molecule has 6 nitrogen and oxygen atoms in total. The zero-order valence-corrected chi connectivity index (χ0v) is 14.3. The number of fused-ring (bicyclic) bond motifs is 1. The third-order valence-electron chi connectivity index (χ3n) is 3.57. The average Bonchev–Trinajstić information content (AvgIpc) is 3.01. The molecule has 2 aromatic rings. The second kappa shape index (κ2) is 6.95. The highest BCUT2D eigenvalue weighted by Crippen LogP contribution is 2.28. The van der Waals surface area contributed by atoms with Gasteiger partial charge in [0.25, 0.3) is 0 Å². The van der Waals surface area contributed by atoms with Gasteiger partial charge in [-0.15, -0.1) is 0 Å². The maximum absolute atomic E-state index is 12.4. The smallest absolute Gasteiger partial charge is 0.334 e. The Kier molecular flexibility index (Phi) is 5.20. The summed E-state index contributed by atoms with van der Waals surface area (Å²) in [4.78, 5) is 36.1. The van der Waals surface area contributed by atoms with Crippen LogP contribution in [0.2, 0.25) is 0 Å². The molecule has 122 valence electrons. The maximum atomic E-state index is 12.4. The zero-order valence-electron chi connectivity index (χ0n) is 12.7. The van der Waals surface area contributed by atoms with Gasteiger partial charge in [-0.3, -0.25) is 9.36 Å². The van der Waals surface area contributed by atoms with Crippen LogP contribution in [0.25, 0.3) is 10.9 Å². The van der Waals surface area contributed by atoms with Gasteiger partial charge in [0.1, 0.15) is 0 Å². The molecule has 1 aromatic heterocycles. The van der Waals surface area contributed by atoms with Crippen molar-refractivity contribution in [2.75, 3.05) is 14.2 Å². The van der Waals surface area contributed by atoms with Crippen molar-refractivity contribution in [1.29, 1.82) is 0 Å². The first kappa shape index (κ1) is 17.2. The van der Waals surface area contributed by atoms with Gasteiger partial charge < -0.3 is 9.47 Å². The molecule has 0 aliphatic heterocycles. The van der Waals surface area contributed by atoms with E-state index in [1.807, 2.05) is 30.3 Å². The first-order chi connectivity index (χ1) is 10.9. The van der Waals surface area contributed by atoms with E-state index in [9.17, 15) is 14.4 Å². The Balaban J connectivity index is 2.19. The van der Waals surface area contributed by atoms with Gasteiger partial charge in [0.2, 0.25) is 10.2 Å². The molecule has 7 heteroatoms. The molecule has 2 rings (SSSR count). The number of hydrogen-bond donors (Lipinski definition) is 0. The van der Waals surface area contributed by atoms with E-state index in [2.05, 4.69) is 25.4 Å². The quantitative estimate of drug-likeness (QED) is 0.451. The lowest BCUT2D eigenvalue weighted by atomic mass is 10.0. The standard InChI is InChI=1S/C16H16BrNO5/c1-22-14(20)16(17,15(21)23-2)9-7-13(19)18-10-8-11-5-3-4-6-12(11)18/h3-6,8,10H,7,9H2,1-2H3. The van der Waals surface area contributed by atoms with Crippen molar-refractivity contribution < 1.29 is 23.9 Å². The number of rotatable bonds is 5. The Bertz CT molecular complexity index is 736. The van der Waals surface area contributed by atoms with Crippen molar-refractivity contribution in [3.63, 3.8) is 0 Å². The van der Waals surface area contributed by atoms with E-state index in [0.29, 0.717) is 0 Å². The van der Waals surface area contributed by atoms with E-state index in [1.165, 1.54) is 18.8 Å². The lowest BCUT2D eigenvalue weighted by Gasteiger charge is -2.21. The fourth-order valence-electron chi connectivity index (χ4n) is 2.31. The molecule has 0 N–H and O–H groups in total. The second-order valence-corrected chi connectivity index (χ2v) is 6.28.